The number of aliphatic imine (C=N–C) groups is 1. The van der Waals surface area contributed by atoms with E-state index in [0.29, 0.717) is 0 Å². The first-order chi connectivity index (χ1) is 12.8. The highest BCUT2D eigenvalue weighted by Crippen LogP contribution is 2.18. The number of pyridine rings is 1. The van der Waals surface area contributed by atoms with E-state index in [1.807, 2.05) is 12.3 Å². The van der Waals surface area contributed by atoms with Gasteiger partial charge in [-0.05, 0) is 30.5 Å². The van der Waals surface area contributed by atoms with Crippen molar-refractivity contribution in [2.24, 2.45) is 4.99 Å². The van der Waals surface area contributed by atoms with E-state index in [2.05, 4.69) is 53.3 Å². The van der Waals surface area contributed by atoms with Crippen molar-refractivity contribution in [3.05, 3.63) is 36.0 Å². The summed E-state index contributed by atoms with van der Waals surface area (Å²) in [6.45, 7) is 6.59. The lowest BCUT2D eigenvalue weighted by molar-refractivity contribution is 0.632. The number of aryl methyl sites for hydroxylation is 1. The van der Waals surface area contributed by atoms with E-state index in [1.54, 1.807) is 13.4 Å². The van der Waals surface area contributed by atoms with Gasteiger partial charge in [0, 0.05) is 52.4 Å². The Hall–Kier alpha value is -2.64. The number of guanidine groups is 1. The molecule has 0 radical (unpaired) electrons. The van der Waals surface area contributed by atoms with E-state index in [0.717, 1.165) is 56.7 Å². The summed E-state index contributed by atoms with van der Waals surface area (Å²) in [6, 6.07) is 4.21. The van der Waals surface area contributed by atoms with Crippen LogP contribution in [0.4, 0.5) is 5.82 Å². The molecule has 2 aromatic heterocycles. The molecule has 1 aliphatic heterocycles. The van der Waals surface area contributed by atoms with E-state index in [4.69, 9.17) is 0 Å². The number of anilines is 1. The molecule has 2 N–H and O–H groups in total. The lowest BCUT2D eigenvalue weighted by Crippen LogP contribution is -2.38. The zero-order valence-corrected chi connectivity index (χ0v) is 15.6. The van der Waals surface area contributed by atoms with Crippen LogP contribution in [0.5, 0.6) is 0 Å². The largest absolute Gasteiger partial charge is 0.357 e. The summed E-state index contributed by atoms with van der Waals surface area (Å²) in [5.74, 6) is 2.86. The lowest BCUT2D eigenvalue weighted by atomic mass is 10.2. The fourth-order valence-electron chi connectivity index (χ4n) is 3.13. The van der Waals surface area contributed by atoms with Gasteiger partial charge in [-0.15, -0.1) is 10.2 Å². The topological polar surface area (TPSA) is 83.3 Å². The smallest absolute Gasteiger partial charge is 0.191 e. The Bertz CT molecular complexity index is 717. The Morgan fingerprint density at radius 2 is 2.12 bits per heavy atom. The predicted molar refractivity (Wildman–Crippen MR) is 103 cm³/mol. The molecule has 0 spiro atoms. The molecule has 3 rings (SSSR count). The summed E-state index contributed by atoms with van der Waals surface area (Å²) >= 11 is 0. The third-order valence-electron chi connectivity index (χ3n) is 4.58. The summed E-state index contributed by atoms with van der Waals surface area (Å²) < 4.78 is 2.06. The second kappa shape index (κ2) is 9.17. The fourth-order valence-corrected chi connectivity index (χ4v) is 3.13. The molecule has 0 unspecified atom stereocenters. The maximum Gasteiger partial charge on any atom is 0.191 e. The molecule has 140 valence electrons. The van der Waals surface area contributed by atoms with Gasteiger partial charge in [0.2, 0.25) is 0 Å². The molecular weight excluding hydrogens is 328 g/mol. The summed E-state index contributed by atoms with van der Waals surface area (Å²) in [6.07, 6.45) is 7.06. The van der Waals surface area contributed by atoms with Crippen LogP contribution in [-0.4, -0.2) is 52.4 Å². The zero-order chi connectivity index (χ0) is 18.2. The van der Waals surface area contributed by atoms with Crippen molar-refractivity contribution in [2.45, 2.75) is 39.3 Å². The van der Waals surface area contributed by atoms with Gasteiger partial charge in [-0.25, -0.2) is 4.98 Å². The van der Waals surface area contributed by atoms with E-state index < -0.39 is 0 Å². The average molecular weight is 356 g/mol. The van der Waals surface area contributed by atoms with Gasteiger partial charge in [-0.1, -0.05) is 6.92 Å². The molecule has 8 heteroatoms. The SMILES string of the molecule is CCc1nncn1CCNC(=NC)NCc1ccnc(N2CCCC2)c1. The molecule has 1 saturated heterocycles. The lowest BCUT2D eigenvalue weighted by Gasteiger charge is -2.17. The van der Waals surface area contributed by atoms with E-state index >= 15 is 0 Å². The van der Waals surface area contributed by atoms with E-state index in [9.17, 15) is 0 Å². The number of nitrogens with one attached hydrogen (secondary N) is 2. The van der Waals surface area contributed by atoms with E-state index in [-0.39, 0.29) is 0 Å². The molecule has 0 saturated carbocycles. The van der Waals surface area contributed by atoms with Crippen molar-refractivity contribution in [1.29, 1.82) is 0 Å². The van der Waals surface area contributed by atoms with Crippen molar-refractivity contribution in [1.82, 2.24) is 30.4 Å². The minimum absolute atomic E-state index is 0.718. The van der Waals surface area contributed by atoms with Gasteiger partial charge in [0.05, 0.1) is 0 Å². The van der Waals surface area contributed by atoms with Crippen molar-refractivity contribution in [3.63, 3.8) is 0 Å². The Morgan fingerprint density at radius 1 is 1.27 bits per heavy atom. The fraction of sp³-hybridized carbons (Fsp3) is 0.556. The Labute approximate surface area is 154 Å². The summed E-state index contributed by atoms with van der Waals surface area (Å²) in [5, 5.41) is 14.8. The number of hydrogen-bond donors (Lipinski definition) is 2. The van der Waals surface area contributed by atoms with Crippen LogP contribution in [0, 0.1) is 0 Å². The second-order valence-corrected chi connectivity index (χ2v) is 6.36. The Morgan fingerprint density at radius 3 is 2.88 bits per heavy atom. The molecule has 1 fully saturated rings. The highest BCUT2D eigenvalue weighted by Gasteiger charge is 2.13. The molecule has 26 heavy (non-hydrogen) atoms. The zero-order valence-electron chi connectivity index (χ0n) is 15.6. The summed E-state index contributed by atoms with van der Waals surface area (Å²) in [4.78, 5) is 11.1. The summed E-state index contributed by atoms with van der Waals surface area (Å²) in [5.41, 5.74) is 1.21. The molecule has 0 amide bonds. The maximum absolute atomic E-state index is 4.50. The van der Waals surface area contributed by atoms with Gasteiger partial charge in [0.25, 0.3) is 0 Å². The summed E-state index contributed by atoms with van der Waals surface area (Å²) in [7, 11) is 1.79. The molecule has 0 atom stereocenters. The molecule has 2 aromatic rings. The van der Waals surface area contributed by atoms with Crippen molar-refractivity contribution in [3.8, 4) is 0 Å². The maximum atomic E-state index is 4.50. The highest BCUT2D eigenvalue weighted by molar-refractivity contribution is 5.79. The number of nitrogens with zero attached hydrogens (tertiary/aromatic N) is 6. The highest BCUT2D eigenvalue weighted by atomic mass is 15.3. The number of rotatable bonds is 7. The van der Waals surface area contributed by atoms with Crippen LogP contribution in [0.3, 0.4) is 0 Å². The third-order valence-corrected chi connectivity index (χ3v) is 4.58. The molecule has 0 bridgehead atoms. The first kappa shape index (κ1) is 18.2. The second-order valence-electron chi connectivity index (χ2n) is 6.36. The van der Waals surface area contributed by atoms with Crippen molar-refractivity contribution in [2.75, 3.05) is 31.6 Å². The third kappa shape index (κ3) is 4.71. The van der Waals surface area contributed by atoms with Crippen molar-refractivity contribution < 1.29 is 0 Å². The Balaban J connectivity index is 1.47. The van der Waals surface area contributed by atoms with Crippen LogP contribution in [0.15, 0.2) is 29.6 Å². The van der Waals surface area contributed by atoms with Gasteiger partial charge < -0.3 is 20.1 Å². The van der Waals surface area contributed by atoms with Gasteiger partial charge in [-0.3, -0.25) is 4.99 Å². The Kier molecular flexibility index (Phi) is 6.40. The number of aromatic nitrogens is 4. The standard InChI is InChI=1S/C18H28N8/c1-3-16-24-23-14-26(16)11-8-21-18(19-2)22-13-15-6-7-20-17(12-15)25-9-4-5-10-25/h6-7,12,14H,3-5,8-11,13H2,1-2H3,(H2,19,21,22). The average Bonchev–Trinajstić information content (AvgIpc) is 3.36. The van der Waals surface area contributed by atoms with E-state index in [1.165, 1.54) is 18.4 Å². The van der Waals surface area contributed by atoms with Crippen LogP contribution >= 0.6 is 0 Å². The van der Waals surface area contributed by atoms with Crippen LogP contribution in [0.1, 0.15) is 31.2 Å². The predicted octanol–water partition coefficient (Wildman–Crippen LogP) is 1.20. The monoisotopic (exact) mass is 356 g/mol. The molecule has 0 aliphatic carbocycles. The van der Waals surface area contributed by atoms with Gasteiger partial charge >= 0.3 is 0 Å². The molecular formula is C18H28N8. The first-order valence-electron chi connectivity index (χ1n) is 9.31. The van der Waals surface area contributed by atoms with Crippen LogP contribution in [-0.2, 0) is 19.5 Å². The quantitative estimate of drug-likeness (QED) is 0.573. The van der Waals surface area contributed by atoms with Gasteiger partial charge in [0.1, 0.15) is 18.0 Å². The first-order valence-corrected chi connectivity index (χ1v) is 9.31. The molecule has 3 heterocycles. The van der Waals surface area contributed by atoms with Crippen LogP contribution in [0.2, 0.25) is 0 Å². The van der Waals surface area contributed by atoms with Gasteiger partial charge in [-0.2, -0.15) is 0 Å². The van der Waals surface area contributed by atoms with Crippen LogP contribution in [0.25, 0.3) is 0 Å². The normalized spacial score (nSPS) is 14.7. The molecule has 0 aromatic carbocycles. The minimum atomic E-state index is 0.718. The van der Waals surface area contributed by atoms with Crippen LogP contribution < -0.4 is 15.5 Å². The van der Waals surface area contributed by atoms with Crippen molar-refractivity contribution >= 4 is 11.8 Å². The molecule has 8 nitrogen and oxygen atoms in total. The minimum Gasteiger partial charge on any atom is -0.357 e. The van der Waals surface area contributed by atoms with Gasteiger partial charge in [0.15, 0.2) is 5.96 Å². The molecule has 1 aliphatic rings. The number of hydrogen-bond acceptors (Lipinski definition) is 5.